The van der Waals surface area contributed by atoms with Crippen LogP contribution in [0.2, 0.25) is 0 Å². The molecule has 6 heteroatoms. The zero-order chi connectivity index (χ0) is 13.1. The summed E-state index contributed by atoms with van der Waals surface area (Å²) in [4.78, 5) is 0. The molecule has 0 aromatic carbocycles. The van der Waals surface area contributed by atoms with E-state index < -0.39 is 0 Å². The van der Waals surface area contributed by atoms with Crippen LogP contribution >= 0.6 is 0 Å². The van der Waals surface area contributed by atoms with Gasteiger partial charge in [0.1, 0.15) is 0 Å². The fourth-order valence-electron chi connectivity index (χ4n) is 1.87. The third-order valence-electron chi connectivity index (χ3n) is 2.86. The van der Waals surface area contributed by atoms with Crippen molar-refractivity contribution in [3.63, 3.8) is 0 Å². The van der Waals surface area contributed by atoms with Gasteiger partial charge in [0.05, 0.1) is 11.4 Å². The largest absolute Gasteiger partial charge is 0.307 e. The highest BCUT2D eigenvalue weighted by molar-refractivity contribution is 5.17. The lowest BCUT2D eigenvalue weighted by atomic mass is 10.2. The fourth-order valence-corrected chi connectivity index (χ4v) is 1.87. The molecule has 2 heterocycles. The Labute approximate surface area is 106 Å². The lowest BCUT2D eigenvalue weighted by Crippen LogP contribution is -2.15. The molecule has 0 atom stereocenters. The van der Waals surface area contributed by atoms with E-state index in [0.29, 0.717) is 25.2 Å². The summed E-state index contributed by atoms with van der Waals surface area (Å²) in [5.74, 6) is -0.247. The van der Waals surface area contributed by atoms with Crippen LogP contribution < -0.4 is 5.32 Å². The number of hydrogen-bond donors (Lipinski definition) is 1. The van der Waals surface area contributed by atoms with E-state index in [1.807, 2.05) is 33.2 Å². The van der Waals surface area contributed by atoms with Crippen molar-refractivity contribution in [2.75, 3.05) is 0 Å². The fraction of sp³-hybridized carbons (Fsp3) is 0.500. The van der Waals surface area contributed by atoms with Crippen LogP contribution in [0.1, 0.15) is 23.9 Å². The van der Waals surface area contributed by atoms with Crippen LogP contribution in [0.25, 0.3) is 0 Å². The maximum atomic E-state index is 13.9. The summed E-state index contributed by atoms with van der Waals surface area (Å²) in [6, 6.07) is 1.94. The van der Waals surface area contributed by atoms with E-state index in [1.165, 1.54) is 4.68 Å². The van der Waals surface area contributed by atoms with Gasteiger partial charge in [-0.25, -0.2) is 4.68 Å². The van der Waals surface area contributed by atoms with Crippen molar-refractivity contribution in [1.82, 2.24) is 24.9 Å². The van der Waals surface area contributed by atoms with Crippen LogP contribution in [0.5, 0.6) is 0 Å². The second-order valence-electron chi connectivity index (χ2n) is 4.25. The molecule has 98 valence electrons. The minimum absolute atomic E-state index is 0.247. The monoisotopic (exact) mass is 251 g/mol. The van der Waals surface area contributed by atoms with Crippen molar-refractivity contribution < 1.29 is 4.39 Å². The molecular formula is C12H18FN5. The molecule has 0 aliphatic rings. The van der Waals surface area contributed by atoms with Crippen LogP contribution in [0.3, 0.4) is 0 Å². The Morgan fingerprint density at radius 2 is 2.11 bits per heavy atom. The Balaban J connectivity index is 1.96. The van der Waals surface area contributed by atoms with Gasteiger partial charge < -0.3 is 5.32 Å². The van der Waals surface area contributed by atoms with Gasteiger partial charge in [0.15, 0.2) is 0 Å². The van der Waals surface area contributed by atoms with Gasteiger partial charge in [-0.15, -0.1) is 0 Å². The Kier molecular flexibility index (Phi) is 3.76. The number of aromatic nitrogens is 4. The minimum Gasteiger partial charge on any atom is -0.307 e. The van der Waals surface area contributed by atoms with Crippen molar-refractivity contribution in [3.8, 4) is 0 Å². The summed E-state index contributed by atoms with van der Waals surface area (Å²) in [5, 5.41) is 11.6. The van der Waals surface area contributed by atoms with Crippen molar-refractivity contribution >= 4 is 0 Å². The third kappa shape index (κ3) is 2.59. The quantitative estimate of drug-likeness (QED) is 0.873. The van der Waals surface area contributed by atoms with Gasteiger partial charge in [-0.05, 0) is 19.9 Å². The molecule has 0 amide bonds. The second-order valence-corrected chi connectivity index (χ2v) is 4.25. The number of aryl methyl sites for hydroxylation is 3. The first-order chi connectivity index (χ1) is 8.61. The van der Waals surface area contributed by atoms with Crippen LogP contribution in [0.15, 0.2) is 12.3 Å². The summed E-state index contributed by atoms with van der Waals surface area (Å²) in [6.45, 7) is 5.34. The summed E-state index contributed by atoms with van der Waals surface area (Å²) in [5.41, 5.74) is 2.31. The van der Waals surface area contributed by atoms with Gasteiger partial charge in [-0.1, -0.05) is 0 Å². The normalized spacial score (nSPS) is 11.1. The predicted octanol–water partition coefficient (Wildman–Crippen LogP) is 1.37. The van der Waals surface area contributed by atoms with Crippen LogP contribution in [-0.4, -0.2) is 19.6 Å². The van der Waals surface area contributed by atoms with Gasteiger partial charge in [0, 0.05) is 38.4 Å². The second kappa shape index (κ2) is 5.30. The van der Waals surface area contributed by atoms with Gasteiger partial charge in [-0.3, -0.25) is 4.68 Å². The molecule has 0 bridgehead atoms. The Morgan fingerprint density at radius 3 is 2.67 bits per heavy atom. The van der Waals surface area contributed by atoms with Crippen molar-refractivity contribution in [1.29, 1.82) is 0 Å². The molecule has 0 saturated heterocycles. The first kappa shape index (κ1) is 12.8. The first-order valence-electron chi connectivity index (χ1n) is 6.02. The van der Waals surface area contributed by atoms with Crippen molar-refractivity contribution in [3.05, 3.63) is 35.2 Å². The summed E-state index contributed by atoms with van der Waals surface area (Å²) >= 11 is 0. The molecule has 0 unspecified atom stereocenters. The highest BCUT2D eigenvalue weighted by Crippen LogP contribution is 2.12. The Bertz CT molecular complexity index is 529. The Morgan fingerprint density at radius 1 is 1.33 bits per heavy atom. The van der Waals surface area contributed by atoms with Crippen LogP contribution in [0, 0.1) is 12.9 Å². The molecular weight excluding hydrogens is 233 g/mol. The van der Waals surface area contributed by atoms with E-state index in [1.54, 1.807) is 4.68 Å². The topological polar surface area (TPSA) is 47.7 Å². The summed E-state index contributed by atoms with van der Waals surface area (Å²) in [6.07, 6.45) is 1.89. The summed E-state index contributed by atoms with van der Waals surface area (Å²) < 4.78 is 17.0. The maximum absolute atomic E-state index is 13.9. The first-order valence-corrected chi connectivity index (χ1v) is 6.02. The molecule has 2 rings (SSSR count). The van der Waals surface area contributed by atoms with E-state index in [4.69, 9.17) is 0 Å². The predicted molar refractivity (Wildman–Crippen MR) is 66.3 cm³/mol. The van der Waals surface area contributed by atoms with Gasteiger partial charge >= 0.3 is 0 Å². The molecule has 5 nitrogen and oxygen atoms in total. The number of nitrogens with zero attached hydrogens (tertiary/aromatic N) is 4. The van der Waals surface area contributed by atoms with E-state index in [9.17, 15) is 4.39 Å². The zero-order valence-electron chi connectivity index (χ0n) is 10.9. The SMILES string of the molecule is CCn1nc(C)c(CNCc2ccn(C)n2)c1F. The maximum Gasteiger partial charge on any atom is 0.216 e. The van der Waals surface area contributed by atoms with Gasteiger partial charge in [-0.2, -0.15) is 14.6 Å². The van der Waals surface area contributed by atoms with E-state index in [2.05, 4.69) is 15.5 Å². The highest BCUT2D eigenvalue weighted by Gasteiger charge is 2.13. The molecule has 0 radical (unpaired) electrons. The zero-order valence-corrected chi connectivity index (χ0v) is 10.9. The molecule has 0 spiro atoms. The minimum atomic E-state index is -0.247. The molecule has 0 saturated carbocycles. The molecule has 18 heavy (non-hydrogen) atoms. The standard InChI is InChI=1S/C12H18FN5/c1-4-18-12(13)11(9(2)15-18)8-14-7-10-5-6-17(3)16-10/h5-6,14H,4,7-8H2,1-3H3. The smallest absolute Gasteiger partial charge is 0.216 e. The van der Waals surface area contributed by atoms with Crippen molar-refractivity contribution in [2.45, 2.75) is 33.5 Å². The lowest BCUT2D eigenvalue weighted by molar-refractivity contribution is 0.460. The lowest BCUT2D eigenvalue weighted by Gasteiger charge is -2.02. The molecule has 2 aromatic rings. The number of rotatable bonds is 5. The third-order valence-corrected chi connectivity index (χ3v) is 2.86. The van der Waals surface area contributed by atoms with Crippen LogP contribution in [-0.2, 0) is 26.7 Å². The van der Waals surface area contributed by atoms with E-state index in [0.717, 1.165) is 11.4 Å². The molecule has 0 fully saturated rings. The summed E-state index contributed by atoms with van der Waals surface area (Å²) in [7, 11) is 1.87. The Hall–Kier alpha value is -1.69. The number of halogens is 1. The highest BCUT2D eigenvalue weighted by atomic mass is 19.1. The van der Waals surface area contributed by atoms with Gasteiger partial charge in [0.25, 0.3) is 0 Å². The van der Waals surface area contributed by atoms with E-state index in [-0.39, 0.29) is 5.95 Å². The molecule has 0 aliphatic carbocycles. The molecule has 2 aromatic heterocycles. The van der Waals surface area contributed by atoms with Gasteiger partial charge in [0.2, 0.25) is 5.95 Å². The van der Waals surface area contributed by atoms with Crippen LogP contribution in [0.4, 0.5) is 4.39 Å². The number of hydrogen-bond acceptors (Lipinski definition) is 3. The molecule has 0 aliphatic heterocycles. The van der Waals surface area contributed by atoms with Crippen molar-refractivity contribution in [2.24, 2.45) is 7.05 Å². The molecule has 1 N–H and O–H groups in total. The average Bonchev–Trinajstić information content (AvgIpc) is 2.86. The number of nitrogens with one attached hydrogen (secondary N) is 1. The average molecular weight is 251 g/mol. The van der Waals surface area contributed by atoms with E-state index >= 15 is 0 Å².